The summed E-state index contributed by atoms with van der Waals surface area (Å²) in [6.45, 7) is 5.79. The molecule has 0 saturated carbocycles. The summed E-state index contributed by atoms with van der Waals surface area (Å²) in [4.78, 5) is 23.7. The van der Waals surface area contributed by atoms with Crippen molar-refractivity contribution in [3.63, 3.8) is 0 Å². The molecular weight excluding hydrogens is 284 g/mol. The van der Waals surface area contributed by atoms with E-state index in [0.29, 0.717) is 6.54 Å². The van der Waals surface area contributed by atoms with Gasteiger partial charge in [0.05, 0.1) is 13.0 Å². The van der Waals surface area contributed by atoms with E-state index in [4.69, 9.17) is 15.2 Å². The van der Waals surface area contributed by atoms with Gasteiger partial charge in [-0.15, -0.1) is 0 Å². The third-order valence-corrected chi connectivity index (χ3v) is 2.92. The van der Waals surface area contributed by atoms with Gasteiger partial charge in [-0.2, -0.15) is 0 Å². The van der Waals surface area contributed by atoms with Crippen LogP contribution in [0.5, 0.6) is 0 Å². The van der Waals surface area contributed by atoms with Gasteiger partial charge in [-0.05, 0) is 31.9 Å². The average molecular weight is 308 g/mol. The summed E-state index contributed by atoms with van der Waals surface area (Å²) in [5, 5.41) is 2.60. The van der Waals surface area contributed by atoms with Gasteiger partial charge in [0.2, 0.25) is 0 Å². The zero-order valence-corrected chi connectivity index (χ0v) is 13.5. The van der Waals surface area contributed by atoms with E-state index in [1.165, 1.54) is 7.11 Å². The van der Waals surface area contributed by atoms with Gasteiger partial charge in [0.1, 0.15) is 5.60 Å². The molecule has 1 amide bonds. The second-order valence-corrected chi connectivity index (χ2v) is 5.91. The number of nitrogens with two attached hydrogens (primary N) is 1. The normalized spacial score (nSPS) is 12.4. The summed E-state index contributed by atoms with van der Waals surface area (Å²) in [5.74, 6) is -1.03. The molecule has 1 aromatic rings. The fourth-order valence-electron chi connectivity index (χ4n) is 1.92. The molecule has 1 unspecified atom stereocenters. The van der Waals surface area contributed by atoms with Crippen molar-refractivity contribution in [1.82, 2.24) is 5.32 Å². The molecule has 1 atom stereocenters. The maximum atomic E-state index is 12.0. The minimum absolute atomic E-state index is 0.0929. The van der Waals surface area contributed by atoms with Crippen molar-refractivity contribution in [2.24, 2.45) is 5.73 Å². The number of nitrogens with one attached hydrogen (secondary N) is 1. The molecule has 6 nitrogen and oxygen atoms in total. The quantitative estimate of drug-likeness (QED) is 0.811. The van der Waals surface area contributed by atoms with Crippen LogP contribution in [0, 0.1) is 0 Å². The SMILES string of the molecule is COC(=O)C(CNC(=O)OC(C)(C)C)c1cccc(CN)c1. The van der Waals surface area contributed by atoms with E-state index in [1.54, 1.807) is 26.8 Å². The standard InChI is InChI=1S/C16H24N2O4/c1-16(2,3)22-15(20)18-10-13(14(19)21-4)12-7-5-6-11(8-12)9-17/h5-8,13H,9-10,17H2,1-4H3,(H,18,20). The number of methoxy groups -OCH3 is 1. The van der Waals surface area contributed by atoms with E-state index >= 15 is 0 Å². The lowest BCUT2D eigenvalue weighted by Gasteiger charge is -2.21. The molecule has 0 aliphatic heterocycles. The summed E-state index contributed by atoms with van der Waals surface area (Å²) in [5.41, 5.74) is 6.67. The predicted molar refractivity (Wildman–Crippen MR) is 83.3 cm³/mol. The van der Waals surface area contributed by atoms with Gasteiger partial charge in [-0.3, -0.25) is 4.79 Å². The van der Waals surface area contributed by atoms with Gasteiger partial charge in [0.15, 0.2) is 0 Å². The second kappa shape index (κ2) is 7.79. The molecule has 1 rings (SSSR count). The van der Waals surface area contributed by atoms with Crippen LogP contribution >= 0.6 is 0 Å². The molecule has 0 bridgehead atoms. The summed E-state index contributed by atoms with van der Waals surface area (Å²) in [6.07, 6.45) is -0.573. The van der Waals surface area contributed by atoms with Crippen LogP contribution < -0.4 is 11.1 Å². The van der Waals surface area contributed by atoms with Crippen molar-refractivity contribution in [3.8, 4) is 0 Å². The largest absolute Gasteiger partial charge is 0.468 e. The number of amides is 1. The molecule has 0 aromatic heterocycles. The first-order valence-electron chi connectivity index (χ1n) is 7.10. The number of hydrogen-bond acceptors (Lipinski definition) is 5. The van der Waals surface area contributed by atoms with Gasteiger partial charge in [0.25, 0.3) is 0 Å². The Bertz CT molecular complexity index is 523. The van der Waals surface area contributed by atoms with Gasteiger partial charge in [-0.25, -0.2) is 4.79 Å². The van der Waals surface area contributed by atoms with Crippen LogP contribution in [0.4, 0.5) is 4.79 Å². The number of rotatable bonds is 5. The Hall–Kier alpha value is -2.08. The molecule has 0 saturated heterocycles. The van der Waals surface area contributed by atoms with E-state index in [9.17, 15) is 9.59 Å². The summed E-state index contributed by atoms with van der Waals surface area (Å²) in [6, 6.07) is 7.33. The molecule has 0 radical (unpaired) electrons. The van der Waals surface area contributed by atoms with Gasteiger partial charge in [-0.1, -0.05) is 24.3 Å². The molecule has 122 valence electrons. The molecular formula is C16H24N2O4. The molecule has 6 heteroatoms. The summed E-state index contributed by atoms with van der Waals surface area (Å²) >= 11 is 0. The van der Waals surface area contributed by atoms with Gasteiger partial charge < -0.3 is 20.5 Å². The van der Waals surface area contributed by atoms with Crippen molar-refractivity contribution in [1.29, 1.82) is 0 Å². The molecule has 0 spiro atoms. The Balaban J connectivity index is 2.81. The Kier molecular flexibility index (Phi) is 6.37. The van der Waals surface area contributed by atoms with Crippen molar-refractivity contribution in [2.45, 2.75) is 38.8 Å². The van der Waals surface area contributed by atoms with E-state index in [-0.39, 0.29) is 6.54 Å². The fraction of sp³-hybridized carbons (Fsp3) is 0.500. The zero-order chi connectivity index (χ0) is 16.8. The van der Waals surface area contributed by atoms with E-state index in [2.05, 4.69) is 5.32 Å². The van der Waals surface area contributed by atoms with Crippen LogP contribution in [0.1, 0.15) is 37.8 Å². The van der Waals surface area contributed by atoms with Crippen molar-refractivity contribution >= 4 is 12.1 Å². The highest BCUT2D eigenvalue weighted by molar-refractivity contribution is 5.79. The third kappa shape index (κ3) is 5.73. The number of ether oxygens (including phenoxy) is 2. The molecule has 0 heterocycles. The Morgan fingerprint density at radius 3 is 2.55 bits per heavy atom. The Labute approximate surface area is 131 Å². The topological polar surface area (TPSA) is 90.6 Å². The second-order valence-electron chi connectivity index (χ2n) is 5.91. The first-order valence-corrected chi connectivity index (χ1v) is 7.10. The highest BCUT2D eigenvalue weighted by Crippen LogP contribution is 2.18. The lowest BCUT2D eigenvalue weighted by Crippen LogP contribution is -2.36. The number of benzene rings is 1. The number of esters is 1. The van der Waals surface area contributed by atoms with Crippen LogP contribution in [-0.2, 0) is 20.8 Å². The van der Waals surface area contributed by atoms with Gasteiger partial charge >= 0.3 is 12.1 Å². The maximum absolute atomic E-state index is 12.0. The third-order valence-electron chi connectivity index (χ3n) is 2.92. The minimum atomic E-state index is -0.607. The first-order chi connectivity index (χ1) is 10.3. The summed E-state index contributed by atoms with van der Waals surface area (Å²) < 4.78 is 9.97. The van der Waals surface area contributed by atoms with Crippen LogP contribution in [0.2, 0.25) is 0 Å². The van der Waals surface area contributed by atoms with E-state index in [1.807, 2.05) is 18.2 Å². The smallest absolute Gasteiger partial charge is 0.407 e. The van der Waals surface area contributed by atoms with E-state index < -0.39 is 23.6 Å². The Morgan fingerprint density at radius 2 is 2.00 bits per heavy atom. The molecule has 22 heavy (non-hydrogen) atoms. The van der Waals surface area contributed by atoms with Crippen LogP contribution in [-0.4, -0.2) is 31.3 Å². The lowest BCUT2D eigenvalue weighted by atomic mass is 9.97. The Morgan fingerprint density at radius 1 is 1.32 bits per heavy atom. The van der Waals surface area contributed by atoms with Gasteiger partial charge in [0, 0.05) is 13.1 Å². The predicted octanol–water partition coefficient (Wildman–Crippen LogP) is 1.93. The number of alkyl carbamates (subject to hydrolysis) is 1. The maximum Gasteiger partial charge on any atom is 0.407 e. The molecule has 0 aliphatic rings. The molecule has 1 aromatic carbocycles. The van der Waals surface area contributed by atoms with E-state index in [0.717, 1.165) is 11.1 Å². The zero-order valence-electron chi connectivity index (χ0n) is 13.5. The van der Waals surface area contributed by atoms with Crippen molar-refractivity contribution in [3.05, 3.63) is 35.4 Å². The highest BCUT2D eigenvalue weighted by atomic mass is 16.6. The van der Waals surface area contributed by atoms with Crippen LogP contribution in [0.15, 0.2) is 24.3 Å². The summed E-state index contributed by atoms with van der Waals surface area (Å²) in [7, 11) is 1.32. The fourth-order valence-corrected chi connectivity index (χ4v) is 1.92. The molecule has 0 aliphatic carbocycles. The lowest BCUT2D eigenvalue weighted by molar-refractivity contribution is -0.142. The molecule has 0 fully saturated rings. The molecule has 3 N–H and O–H groups in total. The first kappa shape index (κ1) is 18.0. The average Bonchev–Trinajstić information content (AvgIpc) is 2.45. The monoisotopic (exact) mass is 308 g/mol. The van der Waals surface area contributed by atoms with Crippen molar-refractivity contribution in [2.75, 3.05) is 13.7 Å². The highest BCUT2D eigenvalue weighted by Gasteiger charge is 2.24. The minimum Gasteiger partial charge on any atom is -0.468 e. The number of carbonyl (C=O) groups is 2. The van der Waals surface area contributed by atoms with Crippen molar-refractivity contribution < 1.29 is 19.1 Å². The number of hydrogen-bond donors (Lipinski definition) is 2. The number of carbonyl (C=O) groups excluding carboxylic acids is 2. The van der Waals surface area contributed by atoms with Crippen LogP contribution in [0.3, 0.4) is 0 Å². The van der Waals surface area contributed by atoms with Crippen LogP contribution in [0.25, 0.3) is 0 Å².